The third-order valence-electron chi connectivity index (χ3n) is 3.04. The van der Waals surface area contributed by atoms with Gasteiger partial charge in [-0.05, 0) is 36.8 Å². The van der Waals surface area contributed by atoms with E-state index in [1.807, 2.05) is 31.2 Å². The summed E-state index contributed by atoms with van der Waals surface area (Å²) in [6.45, 7) is 2.27. The summed E-state index contributed by atoms with van der Waals surface area (Å²) in [6.07, 6.45) is 1.71. The van der Waals surface area contributed by atoms with Crippen LogP contribution >= 0.6 is 15.9 Å². The second kappa shape index (κ2) is 5.13. The van der Waals surface area contributed by atoms with Gasteiger partial charge in [-0.25, -0.2) is 9.78 Å². The summed E-state index contributed by atoms with van der Waals surface area (Å²) in [4.78, 5) is 16.1. The maximum absolute atomic E-state index is 11.9. The molecule has 0 aliphatic rings. The molecular formula is C14H12BrN3O2. The summed E-state index contributed by atoms with van der Waals surface area (Å²) in [5.41, 5.74) is 2.33. The number of hydrogen-bond acceptors (Lipinski definition) is 4. The van der Waals surface area contributed by atoms with E-state index in [2.05, 4.69) is 26.2 Å². The molecule has 0 amide bonds. The smallest absolute Gasteiger partial charge is 0.408 e. The molecule has 0 saturated heterocycles. The van der Waals surface area contributed by atoms with Gasteiger partial charge >= 0.3 is 5.76 Å². The van der Waals surface area contributed by atoms with Crippen LogP contribution in [0.25, 0.3) is 11.1 Å². The van der Waals surface area contributed by atoms with Crippen molar-refractivity contribution >= 4 is 32.8 Å². The first-order valence-corrected chi connectivity index (χ1v) is 6.89. The number of hydrogen-bond donors (Lipinski definition) is 1. The summed E-state index contributed by atoms with van der Waals surface area (Å²) in [5.74, 6) is 0.366. The van der Waals surface area contributed by atoms with Crippen LogP contribution < -0.4 is 11.1 Å². The molecule has 20 heavy (non-hydrogen) atoms. The highest BCUT2D eigenvalue weighted by Crippen LogP contribution is 2.19. The van der Waals surface area contributed by atoms with Crippen LogP contribution in [0, 0.1) is 6.92 Å². The highest BCUT2D eigenvalue weighted by atomic mass is 79.9. The Labute approximate surface area is 123 Å². The second-order valence-electron chi connectivity index (χ2n) is 4.41. The molecule has 0 radical (unpaired) electrons. The van der Waals surface area contributed by atoms with E-state index in [0.29, 0.717) is 12.3 Å². The Balaban J connectivity index is 1.94. The first-order chi connectivity index (χ1) is 9.65. The minimum Gasteiger partial charge on any atom is -0.408 e. The monoisotopic (exact) mass is 333 g/mol. The van der Waals surface area contributed by atoms with E-state index >= 15 is 0 Å². The number of fused-ring (bicyclic) bond motifs is 1. The minimum atomic E-state index is -0.390. The van der Waals surface area contributed by atoms with Crippen molar-refractivity contribution in [1.29, 1.82) is 0 Å². The molecule has 0 spiro atoms. The van der Waals surface area contributed by atoms with Gasteiger partial charge in [0, 0.05) is 10.7 Å². The lowest BCUT2D eigenvalue weighted by atomic mass is 10.3. The first-order valence-electron chi connectivity index (χ1n) is 6.09. The van der Waals surface area contributed by atoms with E-state index in [-0.39, 0.29) is 5.76 Å². The molecule has 3 rings (SSSR count). The Bertz CT molecular complexity index is 823. The zero-order valence-electron chi connectivity index (χ0n) is 10.8. The zero-order valence-corrected chi connectivity index (χ0v) is 12.3. The van der Waals surface area contributed by atoms with Crippen molar-refractivity contribution in [3.05, 3.63) is 57.1 Å². The molecule has 3 aromatic rings. The fourth-order valence-corrected chi connectivity index (χ4v) is 2.35. The lowest BCUT2D eigenvalue weighted by Gasteiger charge is -2.08. The van der Waals surface area contributed by atoms with E-state index in [0.717, 1.165) is 21.4 Å². The Hall–Kier alpha value is -2.08. The molecule has 0 aliphatic carbocycles. The summed E-state index contributed by atoms with van der Waals surface area (Å²) in [7, 11) is 0. The van der Waals surface area contributed by atoms with Crippen molar-refractivity contribution in [3.63, 3.8) is 0 Å². The predicted octanol–water partition coefficient (Wildman–Crippen LogP) is 3.13. The number of anilines is 1. The van der Waals surface area contributed by atoms with E-state index in [9.17, 15) is 4.79 Å². The van der Waals surface area contributed by atoms with Crippen LogP contribution in [0.5, 0.6) is 0 Å². The lowest BCUT2D eigenvalue weighted by molar-refractivity contribution is 0.514. The summed E-state index contributed by atoms with van der Waals surface area (Å²) in [5, 5.41) is 3.14. The summed E-state index contributed by atoms with van der Waals surface area (Å²) in [6, 6.07) is 9.33. The molecule has 6 heteroatoms. The van der Waals surface area contributed by atoms with Crippen molar-refractivity contribution in [2.24, 2.45) is 0 Å². The average molecular weight is 334 g/mol. The van der Waals surface area contributed by atoms with E-state index in [1.54, 1.807) is 12.3 Å². The molecule has 1 N–H and O–H groups in total. The molecule has 102 valence electrons. The standard InChI is InChI=1S/C14H12BrN3O2/c1-9-3-2-6-16-13(9)17-8-18-11-5-4-10(15)7-12(11)20-14(18)19/h2-7H,8H2,1H3,(H,16,17). The van der Waals surface area contributed by atoms with Gasteiger partial charge in [-0.3, -0.25) is 4.57 Å². The highest BCUT2D eigenvalue weighted by Gasteiger charge is 2.09. The number of aryl methyl sites for hydroxylation is 1. The summed E-state index contributed by atoms with van der Waals surface area (Å²) >= 11 is 3.35. The Kier molecular flexibility index (Phi) is 3.31. The second-order valence-corrected chi connectivity index (χ2v) is 5.33. The number of rotatable bonds is 3. The van der Waals surface area contributed by atoms with Crippen LogP contribution in [-0.4, -0.2) is 9.55 Å². The highest BCUT2D eigenvalue weighted by molar-refractivity contribution is 9.10. The Morgan fingerprint density at radius 2 is 2.25 bits per heavy atom. The SMILES string of the molecule is Cc1cccnc1NCn1c(=O)oc2cc(Br)ccc21. The Morgan fingerprint density at radius 1 is 1.40 bits per heavy atom. The maximum atomic E-state index is 11.9. The van der Waals surface area contributed by atoms with Gasteiger partial charge in [0.25, 0.3) is 0 Å². The largest absolute Gasteiger partial charge is 0.421 e. The van der Waals surface area contributed by atoms with Crippen LogP contribution in [0.15, 0.2) is 50.2 Å². The number of oxazole rings is 1. The molecule has 1 aromatic carbocycles. The number of nitrogens with zero attached hydrogens (tertiary/aromatic N) is 2. The van der Waals surface area contributed by atoms with Gasteiger partial charge in [0.05, 0.1) is 5.52 Å². The van der Waals surface area contributed by atoms with Crippen LogP contribution in [0.4, 0.5) is 5.82 Å². The predicted molar refractivity (Wildman–Crippen MR) is 80.8 cm³/mol. The van der Waals surface area contributed by atoms with Gasteiger partial charge in [-0.2, -0.15) is 0 Å². The molecule has 5 nitrogen and oxygen atoms in total. The van der Waals surface area contributed by atoms with Crippen molar-refractivity contribution in [1.82, 2.24) is 9.55 Å². The van der Waals surface area contributed by atoms with E-state index in [1.165, 1.54) is 4.57 Å². The summed E-state index contributed by atoms with van der Waals surface area (Å²) < 4.78 is 7.63. The quantitative estimate of drug-likeness (QED) is 0.799. The lowest BCUT2D eigenvalue weighted by Crippen LogP contribution is -2.19. The fraction of sp³-hybridized carbons (Fsp3) is 0.143. The maximum Gasteiger partial charge on any atom is 0.421 e. The van der Waals surface area contributed by atoms with Crippen LogP contribution in [0.1, 0.15) is 5.56 Å². The Morgan fingerprint density at radius 3 is 3.05 bits per heavy atom. The minimum absolute atomic E-state index is 0.311. The van der Waals surface area contributed by atoms with Crippen LogP contribution in [0.3, 0.4) is 0 Å². The van der Waals surface area contributed by atoms with E-state index in [4.69, 9.17) is 4.42 Å². The van der Waals surface area contributed by atoms with Gasteiger partial charge in [-0.1, -0.05) is 22.0 Å². The third-order valence-corrected chi connectivity index (χ3v) is 3.54. The number of benzene rings is 1. The van der Waals surface area contributed by atoms with Crippen LogP contribution in [-0.2, 0) is 6.67 Å². The van der Waals surface area contributed by atoms with Gasteiger partial charge in [0.2, 0.25) is 0 Å². The first kappa shape index (κ1) is 12.9. The molecule has 0 bridgehead atoms. The van der Waals surface area contributed by atoms with Crippen molar-refractivity contribution in [2.45, 2.75) is 13.6 Å². The normalized spacial score (nSPS) is 10.9. The zero-order chi connectivity index (χ0) is 14.1. The molecular weight excluding hydrogens is 322 g/mol. The van der Waals surface area contributed by atoms with Crippen molar-refractivity contribution < 1.29 is 4.42 Å². The van der Waals surface area contributed by atoms with Gasteiger partial charge in [-0.15, -0.1) is 0 Å². The van der Waals surface area contributed by atoms with Gasteiger partial charge < -0.3 is 9.73 Å². The fourth-order valence-electron chi connectivity index (χ4n) is 2.01. The van der Waals surface area contributed by atoms with Gasteiger partial charge in [0.1, 0.15) is 12.5 Å². The van der Waals surface area contributed by atoms with Crippen molar-refractivity contribution in [2.75, 3.05) is 5.32 Å². The number of pyridine rings is 1. The third kappa shape index (κ3) is 2.34. The molecule has 0 unspecified atom stereocenters. The van der Waals surface area contributed by atoms with E-state index < -0.39 is 0 Å². The van der Waals surface area contributed by atoms with Gasteiger partial charge in [0.15, 0.2) is 5.58 Å². The number of nitrogens with one attached hydrogen (secondary N) is 1. The molecule has 2 aromatic heterocycles. The molecule has 0 atom stereocenters. The van der Waals surface area contributed by atoms with Crippen molar-refractivity contribution in [3.8, 4) is 0 Å². The molecule has 0 aliphatic heterocycles. The molecule has 2 heterocycles. The number of aromatic nitrogens is 2. The van der Waals surface area contributed by atoms with Crippen LogP contribution in [0.2, 0.25) is 0 Å². The molecule has 0 saturated carbocycles. The topological polar surface area (TPSA) is 60.1 Å². The number of halogens is 1. The average Bonchev–Trinajstić information content (AvgIpc) is 2.73. The molecule has 0 fully saturated rings.